The monoisotopic (exact) mass is 154 g/mol. The van der Waals surface area contributed by atoms with Gasteiger partial charge in [-0.05, 0) is 6.08 Å². The van der Waals surface area contributed by atoms with E-state index < -0.39 is 0 Å². The summed E-state index contributed by atoms with van der Waals surface area (Å²) in [7, 11) is 0. The van der Waals surface area contributed by atoms with Crippen molar-refractivity contribution in [3.63, 3.8) is 0 Å². The quantitative estimate of drug-likeness (QED) is 0.555. The van der Waals surface area contributed by atoms with Crippen LogP contribution in [0.5, 0.6) is 0 Å². The highest BCUT2D eigenvalue weighted by Crippen LogP contribution is 1.96. The molecule has 0 amide bonds. The molecule has 3 heteroatoms. The molecule has 2 heterocycles. The minimum atomic E-state index is 0. The number of nitrogens with zero attached hydrogens (tertiary/aromatic N) is 2. The van der Waals surface area contributed by atoms with Gasteiger partial charge in [-0.2, -0.15) is 0 Å². The van der Waals surface area contributed by atoms with Crippen molar-refractivity contribution in [2.45, 2.75) is 21.4 Å². The summed E-state index contributed by atoms with van der Waals surface area (Å²) in [6.45, 7) is 0.822. The van der Waals surface area contributed by atoms with Gasteiger partial charge in [-0.25, -0.2) is 4.68 Å². The summed E-state index contributed by atoms with van der Waals surface area (Å²) >= 11 is 0. The van der Waals surface area contributed by atoms with Crippen molar-refractivity contribution >= 4 is 6.20 Å². The highest BCUT2D eigenvalue weighted by atomic mass is 16.1. The van der Waals surface area contributed by atoms with Crippen molar-refractivity contribution in [2.75, 3.05) is 0 Å². The number of allylic oxidation sites excluding steroid dienone is 1. The molecule has 0 spiro atoms. The third kappa shape index (κ3) is 1.27. The van der Waals surface area contributed by atoms with E-state index in [1.54, 1.807) is 23.1 Å². The van der Waals surface area contributed by atoms with Crippen molar-refractivity contribution in [1.82, 2.24) is 9.36 Å². The normalized spacial score (nSPS) is 11.6. The van der Waals surface area contributed by atoms with E-state index in [4.69, 9.17) is 0 Å². The van der Waals surface area contributed by atoms with Crippen molar-refractivity contribution < 1.29 is 0 Å². The smallest absolute Gasteiger partial charge is 0.270 e. The molecule has 0 bridgehead atoms. The van der Waals surface area contributed by atoms with Gasteiger partial charge < -0.3 is 0 Å². The van der Waals surface area contributed by atoms with Crippen LogP contribution in [0, 0.1) is 0 Å². The van der Waals surface area contributed by atoms with E-state index in [9.17, 15) is 4.79 Å². The fourth-order valence-corrected chi connectivity index (χ4v) is 0.987. The van der Waals surface area contributed by atoms with E-state index in [1.165, 1.54) is 0 Å². The Labute approximate surface area is 66.6 Å². The van der Waals surface area contributed by atoms with E-state index in [0.717, 1.165) is 6.54 Å². The molecule has 3 nitrogen and oxygen atoms in total. The van der Waals surface area contributed by atoms with Gasteiger partial charge in [-0.3, -0.25) is 9.48 Å². The Balaban J connectivity index is 0.000000500. The van der Waals surface area contributed by atoms with Gasteiger partial charge in [-0.15, -0.1) is 0 Å². The molecule has 0 fully saturated rings. The van der Waals surface area contributed by atoms with Crippen LogP contribution in [0.25, 0.3) is 6.20 Å². The van der Waals surface area contributed by atoms with Gasteiger partial charge in [0.2, 0.25) is 0 Å². The molecule has 0 saturated heterocycles. The summed E-state index contributed by atoms with van der Waals surface area (Å²) in [5.41, 5.74) is 0.0451. The Morgan fingerprint density at radius 3 is 2.73 bits per heavy atom. The molecule has 0 aliphatic carbocycles. The average molecular weight is 154 g/mol. The highest BCUT2D eigenvalue weighted by molar-refractivity contribution is 5.24. The zero-order valence-electron chi connectivity index (χ0n) is 4.82. The predicted octanol–water partition coefficient (Wildman–Crippen LogP) is 1.41. The molecular formula is C8H14N2O. The second kappa shape index (κ2) is 3.23. The van der Waals surface area contributed by atoms with Gasteiger partial charge in [0.25, 0.3) is 5.56 Å². The average Bonchev–Trinajstić information content (AvgIpc) is 2.35. The Kier molecular flexibility index (Phi) is 2.87. The lowest BCUT2D eigenvalue weighted by molar-refractivity contribution is 0.658. The molecule has 11 heavy (non-hydrogen) atoms. The number of hydrogen-bond acceptors (Lipinski definition) is 1. The molecule has 0 aromatic carbocycles. The van der Waals surface area contributed by atoms with E-state index in [1.807, 2.05) is 10.8 Å². The highest BCUT2D eigenvalue weighted by Gasteiger charge is 2.01. The molecule has 1 aromatic rings. The predicted molar refractivity (Wildman–Crippen MR) is 47.5 cm³/mol. The molecule has 0 saturated carbocycles. The van der Waals surface area contributed by atoms with Gasteiger partial charge in [0.1, 0.15) is 0 Å². The van der Waals surface area contributed by atoms with Gasteiger partial charge in [-0.1, -0.05) is 14.9 Å². The zero-order chi connectivity index (χ0) is 6.27. The fraction of sp³-hybridized carbons (Fsp3) is 0.375. The first-order valence-electron chi connectivity index (χ1n) is 2.82. The molecule has 0 N–H and O–H groups in total. The number of fused-ring (bicyclic) bond motifs is 1. The van der Waals surface area contributed by atoms with E-state index >= 15 is 0 Å². The van der Waals surface area contributed by atoms with E-state index in [2.05, 4.69) is 0 Å². The minimum Gasteiger partial charge on any atom is -0.282 e. The van der Waals surface area contributed by atoms with Crippen LogP contribution in [0.3, 0.4) is 0 Å². The van der Waals surface area contributed by atoms with Crippen LogP contribution < -0.4 is 5.56 Å². The first-order valence-corrected chi connectivity index (χ1v) is 2.82. The van der Waals surface area contributed by atoms with Gasteiger partial charge >= 0.3 is 0 Å². The molecule has 2 rings (SSSR count). The molecule has 1 aliphatic rings. The van der Waals surface area contributed by atoms with Gasteiger partial charge in [0.15, 0.2) is 0 Å². The molecule has 62 valence electrons. The molecule has 0 unspecified atom stereocenters. The maximum atomic E-state index is 10.8. The lowest BCUT2D eigenvalue weighted by Gasteiger charge is -1.93. The van der Waals surface area contributed by atoms with Gasteiger partial charge in [0.05, 0.1) is 6.54 Å². The van der Waals surface area contributed by atoms with Crippen LogP contribution in [0.4, 0.5) is 0 Å². The number of hydrogen-bond donors (Lipinski definition) is 0. The third-order valence-corrected chi connectivity index (χ3v) is 1.43. The van der Waals surface area contributed by atoms with E-state index in [-0.39, 0.29) is 20.4 Å². The van der Waals surface area contributed by atoms with Crippen LogP contribution in [0.15, 0.2) is 23.1 Å². The number of aromatic nitrogens is 2. The standard InChI is InChI=1S/C6H6N2O.2CH4/c9-6-2-5-7-3-1-4-8(6)7;;/h1-2,4-5H,3H2;2*1H4. The molecule has 0 atom stereocenters. The Hall–Kier alpha value is -1.25. The fourth-order valence-electron chi connectivity index (χ4n) is 0.987. The Morgan fingerprint density at radius 2 is 2.09 bits per heavy atom. The van der Waals surface area contributed by atoms with Crippen LogP contribution >= 0.6 is 0 Å². The van der Waals surface area contributed by atoms with Gasteiger partial charge in [0, 0.05) is 18.5 Å². The molecule has 1 aliphatic heterocycles. The maximum absolute atomic E-state index is 10.8. The van der Waals surface area contributed by atoms with Crippen molar-refractivity contribution in [2.24, 2.45) is 0 Å². The maximum Gasteiger partial charge on any atom is 0.270 e. The second-order valence-electron chi connectivity index (χ2n) is 2.01. The Morgan fingerprint density at radius 1 is 1.36 bits per heavy atom. The van der Waals surface area contributed by atoms with E-state index in [0.29, 0.717) is 0 Å². The first kappa shape index (κ1) is 9.75. The summed E-state index contributed by atoms with van der Waals surface area (Å²) < 4.78 is 3.43. The second-order valence-corrected chi connectivity index (χ2v) is 2.01. The van der Waals surface area contributed by atoms with Crippen LogP contribution in [0.1, 0.15) is 14.9 Å². The van der Waals surface area contributed by atoms with Crippen LogP contribution in [0.2, 0.25) is 0 Å². The van der Waals surface area contributed by atoms with Crippen molar-refractivity contribution in [1.29, 1.82) is 0 Å². The topological polar surface area (TPSA) is 26.9 Å². The zero-order valence-corrected chi connectivity index (χ0v) is 4.82. The lowest BCUT2D eigenvalue weighted by Crippen LogP contribution is -2.12. The van der Waals surface area contributed by atoms with Crippen molar-refractivity contribution in [3.05, 3.63) is 28.7 Å². The minimum absolute atomic E-state index is 0. The molecular weight excluding hydrogens is 140 g/mol. The summed E-state index contributed by atoms with van der Waals surface area (Å²) in [6, 6.07) is 1.56. The SMILES string of the molecule is C.C.O=c1ccn2n1C=CC2. The summed E-state index contributed by atoms with van der Waals surface area (Å²) in [5.74, 6) is 0. The lowest BCUT2D eigenvalue weighted by atomic mass is 10.6. The van der Waals surface area contributed by atoms with Crippen molar-refractivity contribution in [3.8, 4) is 0 Å². The number of rotatable bonds is 0. The summed E-state index contributed by atoms with van der Waals surface area (Å²) in [6.07, 6.45) is 5.51. The summed E-state index contributed by atoms with van der Waals surface area (Å²) in [5, 5.41) is 0. The molecule has 1 aromatic heterocycles. The molecule has 0 radical (unpaired) electrons. The third-order valence-electron chi connectivity index (χ3n) is 1.43. The largest absolute Gasteiger partial charge is 0.282 e. The van der Waals surface area contributed by atoms with Crippen LogP contribution in [-0.2, 0) is 6.54 Å². The summed E-state index contributed by atoms with van der Waals surface area (Å²) in [4.78, 5) is 10.8. The first-order chi connectivity index (χ1) is 4.38. The van der Waals surface area contributed by atoms with Crippen LogP contribution in [-0.4, -0.2) is 9.36 Å². The Bertz CT molecular complexity index is 306.